The van der Waals surface area contributed by atoms with Crippen LogP contribution in [0.4, 0.5) is 4.39 Å². The van der Waals surface area contributed by atoms with Crippen LogP contribution in [0, 0.1) is 12.7 Å². The number of hydrogen-bond donors (Lipinski definition) is 1. The van der Waals surface area contributed by atoms with E-state index in [1.807, 2.05) is 13.1 Å². The normalized spacial score (nSPS) is 11.2. The highest BCUT2D eigenvalue weighted by Gasteiger charge is 2.11. The first-order chi connectivity index (χ1) is 7.65. The number of benzene rings is 1. The molecule has 1 aromatic heterocycles. The van der Waals surface area contributed by atoms with Crippen molar-refractivity contribution in [3.63, 3.8) is 0 Å². The van der Waals surface area contributed by atoms with E-state index in [0.717, 1.165) is 23.7 Å². The summed E-state index contributed by atoms with van der Waals surface area (Å²) in [4.78, 5) is 0. The highest BCUT2D eigenvalue weighted by atomic mass is 19.1. The van der Waals surface area contributed by atoms with E-state index >= 15 is 0 Å². The Hall–Kier alpha value is -1.35. The minimum absolute atomic E-state index is 0.174. The lowest BCUT2D eigenvalue weighted by Crippen LogP contribution is -2.01. The number of nitrogens with two attached hydrogens (primary N) is 1. The Morgan fingerprint density at radius 1 is 1.38 bits per heavy atom. The van der Waals surface area contributed by atoms with Crippen LogP contribution in [-0.2, 0) is 13.5 Å². The lowest BCUT2D eigenvalue weighted by Gasteiger charge is -2.00. The molecule has 0 unspecified atom stereocenters. The minimum atomic E-state index is -0.174. The Kier molecular flexibility index (Phi) is 2.97. The Morgan fingerprint density at radius 2 is 2.12 bits per heavy atom. The molecular weight excluding hydrogens is 203 g/mol. The summed E-state index contributed by atoms with van der Waals surface area (Å²) in [5.74, 6) is -0.174. The number of halogens is 1. The molecule has 0 atom stereocenters. The van der Waals surface area contributed by atoms with E-state index < -0.39 is 0 Å². The standard InChI is InChI=1S/C13H17FN2/c1-9-11(4-3-7-15)12-8-10(14)5-6-13(12)16(9)2/h5-6,8H,3-4,7,15H2,1-2H3. The molecule has 0 radical (unpaired) electrons. The van der Waals surface area contributed by atoms with Crippen molar-refractivity contribution in [1.82, 2.24) is 4.57 Å². The molecule has 0 amide bonds. The van der Waals surface area contributed by atoms with E-state index in [-0.39, 0.29) is 5.82 Å². The average Bonchev–Trinajstić information content (AvgIpc) is 2.50. The Labute approximate surface area is 94.9 Å². The number of rotatable bonds is 3. The molecule has 86 valence electrons. The highest BCUT2D eigenvalue weighted by Crippen LogP contribution is 2.26. The maximum Gasteiger partial charge on any atom is 0.123 e. The monoisotopic (exact) mass is 220 g/mol. The van der Waals surface area contributed by atoms with Crippen LogP contribution < -0.4 is 5.73 Å². The van der Waals surface area contributed by atoms with Crippen LogP contribution in [0.15, 0.2) is 18.2 Å². The molecule has 3 heteroatoms. The van der Waals surface area contributed by atoms with E-state index in [0.29, 0.717) is 6.54 Å². The molecule has 0 saturated carbocycles. The molecule has 2 aromatic rings. The maximum atomic E-state index is 13.2. The number of hydrogen-bond acceptors (Lipinski definition) is 1. The molecule has 0 saturated heterocycles. The summed E-state index contributed by atoms with van der Waals surface area (Å²) in [5, 5.41) is 1.02. The number of nitrogens with zero attached hydrogens (tertiary/aromatic N) is 1. The van der Waals surface area contributed by atoms with Crippen molar-refractivity contribution in [3.05, 3.63) is 35.3 Å². The van der Waals surface area contributed by atoms with Gasteiger partial charge in [0.05, 0.1) is 0 Å². The first-order valence-corrected chi connectivity index (χ1v) is 5.58. The maximum absolute atomic E-state index is 13.2. The first kappa shape index (κ1) is 11.1. The van der Waals surface area contributed by atoms with E-state index in [1.165, 1.54) is 17.3 Å². The summed E-state index contributed by atoms with van der Waals surface area (Å²) in [5.41, 5.74) is 9.04. The summed E-state index contributed by atoms with van der Waals surface area (Å²) in [7, 11) is 2.02. The fraction of sp³-hybridized carbons (Fsp3) is 0.385. The Bertz CT molecular complexity index is 514. The van der Waals surface area contributed by atoms with Crippen LogP contribution in [0.3, 0.4) is 0 Å². The van der Waals surface area contributed by atoms with Crippen molar-refractivity contribution in [2.75, 3.05) is 6.54 Å². The van der Waals surface area contributed by atoms with Crippen LogP contribution >= 0.6 is 0 Å². The van der Waals surface area contributed by atoms with Crippen molar-refractivity contribution < 1.29 is 4.39 Å². The molecule has 0 aliphatic heterocycles. The van der Waals surface area contributed by atoms with Gasteiger partial charge in [0.25, 0.3) is 0 Å². The molecule has 2 nitrogen and oxygen atoms in total. The van der Waals surface area contributed by atoms with Gasteiger partial charge in [-0.3, -0.25) is 0 Å². The third-order valence-electron chi connectivity index (χ3n) is 3.22. The topological polar surface area (TPSA) is 30.9 Å². The third kappa shape index (κ3) is 1.71. The SMILES string of the molecule is Cc1c(CCCN)c2cc(F)ccc2n1C. The van der Waals surface area contributed by atoms with Crippen LogP contribution in [0.1, 0.15) is 17.7 Å². The van der Waals surface area contributed by atoms with E-state index in [2.05, 4.69) is 11.5 Å². The van der Waals surface area contributed by atoms with Crippen molar-refractivity contribution in [1.29, 1.82) is 0 Å². The zero-order chi connectivity index (χ0) is 11.7. The fourth-order valence-corrected chi connectivity index (χ4v) is 2.21. The van der Waals surface area contributed by atoms with Crippen LogP contribution in [0.2, 0.25) is 0 Å². The van der Waals surface area contributed by atoms with E-state index in [9.17, 15) is 4.39 Å². The zero-order valence-corrected chi connectivity index (χ0v) is 9.76. The van der Waals surface area contributed by atoms with Gasteiger partial charge >= 0.3 is 0 Å². The number of aryl methyl sites for hydroxylation is 2. The molecule has 0 fully saturated rings. The van der Waals surface area contributed by atoms with Gasteiger partial charge in [0.1, 0.15) is 5.82 Å². The summed E-state index contributed by atoms with van der Waals surface area (Å²) in [6.07, 6.45) is 1.86. The molecule has 0 spiro atoms. The predicted octanol–water partition coefficient (Wildman–Crippen LogP) is 2.52. The van der Waals surface area contributed by atoms with Gasteiger partial charge in [-0.25, -0.2) is 4.39 Å². The van der Waals surface area contributed by atoms with Crippen LogP contribution in [0.25, 0.3) is 10.9 Å². The zero-order valence-electron chi connectivity index (χ0n) is 9.76. The second-order valence-corrected chi connectivity index (χ2v) is 4.18. The first-order valence-electron chi connectivity index (χ1n) is 5.58. The molecule has 2 N–H and O–H groups in total. The molecule has 1 heterocycles. The highest BCUT2D eigenvalue weighted by molar-refractivity contribution is 5.85. The van der Waals surface area contributed by atoms with Crippen LogP contribution in [-0.4, -0.2) is 11.1 Å². The molecular formula is C13H17FN2. The molecule has 1 aromatic carbocycles. The Morgan fingerprint density at radius 3 is 2.81 bits per heavy atom. The summed E-state index contributed by atoms with van der Waals surface area (Å²) < 4.78 is 15.4. The van der Waals surface area contributed by atoms with Gasteiger partial charge in [0, 0.05) is 23.6 Å². The van der Waals surface area contributed by atoms with Crippen molar-refractivity contribution in [3.8, 4) is 0 Å². The fourth-order valence-electron chi connectivity index (χ4n) is 2.21. The molecule has 16 heavy (non-hydrogen) atoms. The molecule has 2 rings (SSSR count). The van der Waals surface area contributed by atoms with Gasteiger partial charge in [0.2, 0.25) is 0 Å². The molecule has 0 aliphatic rings. The van der Waals surface area contributed by atoms with Gasteiger partial charge in [-0.05, 0) is 50.1 Å². The van der Waals surface area contributed by atoms with Crippen molar-refractivity contribution >= 4 is 10.9 Å². The number of aromatic nitrogens is 1. The summed E-state index contributed by atoms with van der Waals surface area (Å²) in [6.45, 7) is 2.74. The summed E-state index contributed by atoms with van der Waals surface area (Å²) >= 11 is 0. The van der Waals surface area contributed by atoms with Gasteiger partial charge in [-0.15, -0.1) is 0 Å². The lowest BCUT2D eigenvalue weighted by atomic mass is 10.1. The summed E-state index contributed by atoms with van der Waals surface area (Å²) in [6, 6.07) is 4.96. The van der Waals surface area contributed by atoms with Crippen molar-refractivity contribution in [2.24, 2.45) is 12.8 Å². The largest absolute Gasteiger partial charge is 0.348 e. The molecule has 0 bridgehead atoms. The van der Waals surface area contributed by atoms with Gasteiger partial charge in [0.15, 0.2) is 0 Å². The van der Waals surface area contributed by atoms with Crippen LogP contribution in [0.5, 0.6) is 0 Å². The van der Waals surface area contributed by atoms with Gasteiger partial charge < -0.3 is 10.3 Å². The average molecular weight is 220 g/mol. The predicted molar refractivity (Wildman–Crippen MR) is 65.0 cm³/mol. The van der Waals surface area contributed by atoms with Gasteiger partial charge in [-0.1, -0.05) is 0 Å². The van der Waals surface area contributed by atoms with E-state index in [1.54, 1.807) is 6.07 Å². The van der Waals surface area contributed by atoms with Crippen molar-refractivity contribution in [2.45, 2.75) is 19.8 Å². The molecule has 0 aliphatic carbocycles. The number of fused-ring (bicyclic) bond motifs is 1. The quantitative estimate of drug-likeness (QED) is 0.846. The van der Waals surface area contributed by atoms with E-state index in [4.69, 9.17) is 5.73 Å². The third-order valence-corrected chi connectivity index (χ3v) is 3.22. The minimum Gasteiger partial charge on any atom is -0.348 e. The second-order valence-electron chi connectivity index (χ2n) is 4.18. The smallest absolute Gasteiger partial charge is 0.123 e. The van der Waals surface area contributed by atoms with Gasteiger partial charge in [-0.2, -0.15) is 0 Å². The Balaban J connectivity index is 2.61. The lowest BCUT2D eigenvalue weighted by molar-refractivity contribution is 0.629. The second kappa shape index (κ2) is 4.26.